The van der Waals surface area contributed by atoms with E-state index < -0.39 is 0 Å². The highest BCUT2D eigenvalue weighted by Crippen LogP contribution is 2.28. The van der Waals surface area contributed by atoms with Gasteiger partial charge in [0.2, 0.25) is 0 Å². The summed E-state index contributed by atoms with van der Waals surface area (Å²) in [5, 5.41) is 3.39. The second-order valence-corrected chi connectivity index (χ2v) is 5.67. The van der Waals surface area contributed by atoms with Gasteiger partial charge in [0.1, 0.15) is 0 Å². The number of nitrogens with one attached hydrogen (secondary N) is 1. The SMILES string of the molecule is CNC1CCN(CC2OCCc3ccccc32)CC1. The Morgan fingerprint density at radius 1 is 1.26 bits per heavy atom. The number of hydrogen-bond donors (Lipinski definition) is 1. The lowest BCUT2D eigenvalue weighted by atomic mass is 9.96. The van der Waals surface area contributed by atoms with E-state index >= 15 is 0 Å². The Morgan fingerprint density at radius 2 is 2.05 bits per heavy atom. The third kappa shape index (κ3) is 2.99. The van der Waals surface area contributed by atoms with Gasteiger partial charge in [0.15, 0.2) is 0 Å². The molecule has 0 spiro atoms. The maximum atomic E-state index is 6.00. The summed E-state index contributed by atoms with van der Waals surface area (Å²) in [6.07, 6.45) is 3.85. The Bertz CT molecular complexity index is 413. The van der Waals surface area contributed by atoms with E-state index in [2.05, 4.69) is 41.5 Å². The highest BCUT2D eigenvalue weighted by Gasteiger charge is 2.25. The third-order valence-electron chi connectivity index (χ3n) is 4.51. The summed E-state index contributed by atoms with van der Waals surface area (Å²) in [5.74, 6) is 0. The van der Waals surface area contributed by atoms with Crippen LogP contribution in [0.3, 0.4) is 0 Å². The lowest BCUT2D eigenvalue weighted by Crippen LogP contribution is -2.43. The fourth-order valence-corrected chi connectivity index (χ4v) is 3.27. The first-order valence-corrected chi connectivity index (χ1v) is 7.46. The highest BCUT2D eigenvalue weighted by atomic mass is 16.5. The van der Waals surface area contributed by atoms with E-state index in [1.165, 1.54) is 37.1 Å². The number of ether oxygens (including phenoxy) is 1. The van der Waals surface area contributed by atoms with Crippen LogP contribution in [0, 0.1) is 0 Å². The lowest BCUT2D eigenvalue weighted by Gasteiger charge is -2.35. The van der Waals surface area contributed by atoms with Crippen molar-refractivity contribution in [1.82, 2.24) is 10.2 Å². The van der Waals surface area contributed by atoms with Gasteiger partial charge in [0.05, 0.1) is 12.7 Å². The predicted octanol–water partition coefficient (Wildman–Crippen LogP) is 1.98. The molecule has 3 nitrogen and oxygen atoms in total. The van der Waals surface area contributed by atoms with E-state index in [-0.39, 0.29) is 6.10 Å². The molecule has 0 amide bonds. The molecule has 3 heteroatoms. The van der Waals surface area contributed by atoms with Gasteiger partial charge < -0.3 is 15.0 Å². The van der Waals surface area contributed by atoms with Crippen LogP contribution >= 0.6 is 0 Å². The van der Waals surface area contributed by atoms with Gasteiger partial charge in [-0.25, -0.2) is 0 Å². The summed E-state index contributed by atoms with van der Waals surface area (Å²) in [7, 11) is 2.07. The minimum absolute atomic E-state index is 0.274. The summed E-state index contributed by atoms with van der Waals surface area (Å²) in [6, 6.07) is 9.46. The molecule has 0 bridgehead atoms. The molecule has 0 radical (unpaired) electrons. The van der Waals surface area contributed by atoms with Crippen LogP contribution in [0.4, 0.5) is 0 Å². The van der Waals surface area contributed by atoms with Crippen molar-refractivity contribution in [2.45, 2.75) is 31.4 Å². The average Bonchev–Trinajstić information content (AvgIpc) is 2.48. The van der Waals surface area contributed by atoms with Gasteiger partial charge in [-0.1, -0.05) is 24.3 Å². The van der Waals surface area contributed by atoms with Crippen molar-refractivity contribution in [3.8, 4) is 0 Å². The van der Waals surface area contributed by atoms with Crippen LogP contribution in [0.2, 0.25) is 0 Å². The topological polar surface area (TPSA) is 24.5 Å². The van der Waals surface area contributed by atoms with E-state index in [4.69, 9.17) is 4.74 Å². The quantitative estimate of drug-likeness (QED) is 0.899. The van der Waals surface area contributed by atoms with E-state index in [0.717, 1.165) is 19.6 Å². The number of piperidine rings is 1. The van der Waals surface area contributed by atoms with Crippen LogP contribution in [0.5, 0.6) is 0 Å². The Labute approximate surface area is 115 Å². The predicted molar refractivity (Wildman–Crippen MR) is 77.4 cm³/mol. The lowest BCUT2D eigenvalue weighted by molar-refractivity contribution is 0.0104. The first-order chi connectivity index (χ1) is 9.36. The molecule has 1 aromatic carbocycles. The molecule has 1 saturated heterocycles. The molecular formula is C16H24N2O. The summed E-state index contributed by atoms with van der Waals surface area (Å²) in [6.45, 7) is 4.29. The zero-order chi connectivity index (χ0) is 13.1. The average molecular weight is 260 g/mol. The van der Waals surface area contributed by atoms with Crippen molar-refractivity contribution in [2.75, 3.05) is 33.3 Å². The van der Waals surface area contributed by atoms with Crippen molar-refractivity contribution in [3.63, 3.8) is 0 Å². The molecule has 104 valence electrons. The van der Waals surface area contributed by atoms with Gasteiger partial charge in [0, 0.05) is 12.6 Å². The van der Waals surface area contributed by atoms with E-state index in [0.29, 0.717) is 6.04 Å². The number of fused-ring (bicyclic) bond motifs is 1. The molecular weight excluding hydrogens is 236 g/mol. The van der Waals surface area contributed by atoms with Crippen molar-refractivity contribution in [1.29, 1.82) is 0 Å². The zero-order valence-corrected chi connectivity index (χ0v) is 11.8. The minimum atomic E-state index is 0.274. The van der Waals surface area contributed by atoms with Crippen molar-refractivity contribution >= 4 is 0 Å². The Hall–Kier alpha value is -0.900. The standard InChI is InChI=1S/C16H24N2O/c1-17-14-6-9-18(10-7-14)12-16-15-5-3-2-4-13(15)8-11-19-16/h2-5,14,16-17H,6-12H2,1H3. The Kier molecular flexibility index (Phi) is 4.16. The third-order valence-corrected chi connectivity index (χ3v) is 4.51. The maximum Gasteiger partial charge on any atom is 0.0954 e. The first kappa shape index (κ1) is 13.1. The van der Waals surface area contributed by atoms with Gasteiger partial charge in [-0.3, -0.25) is 0 Å². The van der Waals surface area contributed by atoms with Crippen LogP contribution in [0.1, 0.15) is 30.1 Å². The number of nitrogens with zero attached hydrogens (tertiary/aromatic N) is 1. The summed E-state index contributed by atoms with van der Waals surface area (Å²) >= 11 is 0. The van der Waals surface area contributed by atoms with Crippen LogP contribution in [0.25, 0.3) is 0 Å². The van der Waals surface area contributed by atoms with Crippen LogP contribution in [-0.2, 0) is 11.2 Å². The smallest absolute Gasteiger partial charge is 0.0954 e. The first-order valence-electron chi connectivity index (χ1n) is 7.46. The normalized spacial score (nSPS) is 25.2. The van der Waals surface area contributed by atoms with Gasteiger partial charge in [-0.2, -0.15) is 0 Å². The molecule has 2 heterocycles. The van der Waals surface area contributed by atoms with E-state index in [9.17, 15) is 0 Å². The number of benzene rings is 1. The summed E-state index contributed by atoms with van der Waals surface area (Å²) in [4.78, 5) is 2.56. The monoisotopic (exact) mass is 260 g/mol. The fourth-order valence-electron chi connectivity index (χ4n) is 3.27. The Morgan fingerprint density at radius 3 is 2.84 bits per heavy atom. The van der Waals surface area contributed by atoms with Gasteiger partial charge >= 0.3 is 0 Å². The molecule has 0 aliphatic carbocycles. The molecule has 1 unspecified atom stereocenters. The van der Waals surface area contributed by atoms with E-state index in [1.54, 1.807) is 0 Å². The van der Waals surface area contributed by atoms with Crippen molar-refractivity contribution in [2.24, 2.45) is 0 Å². The van der Waals surface area contributed by atoms with Crippen LogP contribution in [0.15, 0.2) is 24.3 Å². The number of hydrogen-bond acceptors (Lipinski definition) is 3. The molecule has 19 heavy (non-hydrogen) atoms. The second kappa shape index (κ2) is 6.04. The van der Waals surface area contributed by atoms with Crippen molar-refractivity contribution in [3.05, 3.63) is 35.4 Å². The Balaban J connectivity index is 1.62. The van der Waals surface area contributed by atoms with Gasteiger partial charge in [-0.05, 0) is 50.5 Å². The molecule has 0 saturated carbocycles. The molecule has 0 aromatic heterocycles. The molecule has 1 fully saturated rings. The summed E-state index contributed by atoms with van der Waals surface area (Å²) in [5.41, 5.74) is 2.88. The van der Waals surface area contributed by atoms with Crippen LogP contribution in [-0.4, -0.2) is 44.2 Å². The number of likely N-dealkylation sites (tertiary alicyclic amines) is 1. The second-order valence-electron chi connectivity index (χ2n) is 5.67. The molecule has 1 atom stereocenters. The van der Waals surface area contributed by atoms with E-state index in [1.807, 2.05) is 0 Å². The largest absolute Gasteiger partial charge is 0.372 e. The highest BCUT2D eigenvalue weighted by molar-refractivity contribution is 5.31. The minimum Gasteiger partial charge on any atom is -0.372 e. The fraction of sp³-hybridized carbons (Fsp3) is 0.625. The molecule has 2 aliphatic heterocycles. The van der Waals surface area contributed by atoms with Gasteiger partial charge in [-0.15, -0.1) is 0 Å². The maximum absolute atomic E-state index is 6.00. The van der Waals surface area contributed by atoms with Gasteiger partial charge in [0.25, 0.3) is 0 Å². The van der Waals surface area contributed by atoms with Crippen molar-refractivity contribution < 1.29 is 4.74 Å². The van der Waals surface area contributed by atoms with Crippen LogP contribution < -0.4 is 5.32 Å². The molecule has 1 N–H and O–H groups in total. The zero-order valence-electron chi connectivity index (χ0n) is 11.8. The number of rotatable bonds is 3. The molecule has 2 aliphatic rings. The molecule has 3 rings (SSSR count). The molecule has 1 aromatic rings. The summed E-state index contributed by atoms with van der Waals surface area (Å²) < 4.78 is 6.00.